The van der Waals surface area contributed by atoms with Crippen molar-refractivity contribution in [1.82, 2.24) is 5.16 Å². The molecule has 6 heteroatoms. The minimum Gasteiger partial charge on any atom is -0.361 e. The van der Waals surface area contributed by atoms with E-state index < -0.39 is 12.1 Å². The van der Waals surface area contributed by atoms with Gasteiger partial charge in [0.1, 0.15) is 11.7 Å². The van der Waals surface area contributed by atoms with Crippen LogP contribution in [0.5, 0.6) is 0 Å². The molecule has 0 radical (unpaired) electrons. The molecule has 17 heavy (non-hydrogen) atoms. The summed E-state index contributed by atoms with van der Waals surface area (Å²) in [5.41, 5.74) is 4.75. The van der Waals surface area contributed by atoms with E-state index in [1.807, 2.05) is 20.8 Å². The van der Waals surface area contributed by atoms with Gasteiger partial charge in [0.25, 0.3) is 0 Å². The summed E-state index contributed by atoms with van der Waals surface area (Å²) in [6, 6.07) is 1.37. The van der Waals surface area contributed by atoms with Crippen LogP contribution in [0.15, 0.2) is 10.6 Å². The van der Waals surface area contributed by atoms with Crippen molar-refractivity contribution < 1.29 is 17.7 Å². The second-order valence-corrected chi connectivity index (χ2v) is 5.04. The Labute approximate surface area is 98.2 Å². The molecule has 2 N–H and O–H groups in total. The second-order valence-electron chi connectivity index (χ2n) is 5.04. The molecule has 1 aromatic heterocycles. The lowest BCUT2D eigenvalue weighted by Gasteiger charge is -2.16. The molecule has 0 spiro atoms. The van der Waals surface area contributed by atoms with Crippen molar-refractivity contribution in [3.05, 3.63) is 17.5 Å². The van der Waals surface area contributed by atoms with E-state index in [2.05, 4.69) is 5.16 Å². The average molecular weight is 250 g/mol. The quantitative estimate of drug-likeness (QED) is 0.897. The van der Waals surface area contributed by atoms with E-state index >= 15 is 0 Å². The molecular formula is C11H17F3N2O. The van der Waals surface area contributed by atoms with E-state index in [1.54, 1.807) is 0 Å². The van der Waals surface area contributed by atoms with Crippen LogP contribution in [0.3, 0.4) is 0 Å². The van der Waals surface area contributed by atoms with Crippen LogP contribution < -0.4 is 5.73 Å². The van der Waals surface area contributed by atoms with Crippen molar-refractivity contribution in [3.63, 3.8) is 0 Å². The molecule has 98 valence electrons. The van der Waals surface area contributed by atoms with Crippen LogP contribution in [0.1, 0.15) is 44.6 Å². The average Bonchev–Trinajstić information content (AvgIpc) is 2.59. The van der Waals surface area contributed by atoms with E-state index in [0.29, 0.717) is 5.76 Å². The van der Waals surface area contributed by atoms with Crippen molar-refractivity contribution in [2.75, 3.05) is 6.54 Å². The number of aromatic nitrogens is 1. The molecule has 1 atom stereocenters. The van der Waals surface area contributed by atoms with E-state index in [4.69, 9.17) is 10.3 Å². The zero-order valence-electron chi connectivity index (χ0n) is 10.1. The molecule has 0 fully saturated rings. The van der Waals surface area contributed by atoms with Crippen LogP contribution in [-0.4, -0.2) is 17.9 Å². The zero-order valence-corrected chi connectivity index (χ0v) is 10.1. The summed E-state index contributed by atoms with van der Waals surface area (Å²) in [5.74, 6) is -1.20. The fourth-order valence-corrected chi connectivity index (χ4v) is 1.45. The highest BCUT2D eigenvalue weighted by Gasteiger charge is 2.42. The van der Waals surface area contributed by atoms with Gasteiger partial charge in [0.15, 0.2) is 0 Å². The highest BCUT2D eigenvalue weighted by atomic mass is 19.4. The molecule has 3 nitrogen and oxygen atoms in total. The molecule has 0 saturated carbocycles. The molecule has 0 aromatic carbocycles. The van der Waals surface area contributed by atoms with Gasteiger partial charge in [-0.25, -0.2) is 0 Å². The first-order valence-corrected chi connectivity index (χ1v) is 5.40. The Morgan fingerprint density at radius 2 is 1.94 bits per heavy atom. The van der Waals surface area contributed by atoms with Crippen LogP contribution in [0.25, 0.3) is 0 Å². The van der Waals surface area contributed by atoms with Gasteiger partial charge in [-0.2, -0.15) is 13.2 Å². The third-order valence-electron chi connectivity index (χ3n) is 2.48. The maximum absolute atomic E-state index is 12.8. The summed E-state index contributed by atoms with van der Waals surface area (Å²) < 4.78 is 43.2. The monoisotopic (exact) mass is 250 g/mol. The van der Waals surface area contributed by atoms with Crippen LogP contribution >= 0.6 is 0 Å². The van der Waals surface area contributed by atoms with Crippen molar-refractivity contribution in [1.29, 1.82) is 0 Å². The largest absolute Gasteiger partial charge is 0.397 e. The first-order chi connectivity index (χ1) is 7.66. The van der Waals surface area contributed by atoms with Gasteiger partial charge in [0.05, 0.1) is 5.69 Å². The minimum absolute atomic E-state index is 0.0398. The summed E-state index contributed by atoms with van der Waals surface area (Å²) in [5, 5.41) is 3.52. The fraction of sp³-hybridized carbons (Fsp3) is 0.727. The Morgan fingerprint density at radius 1 is 1.35 bits per heavy atom. The third-order valence-corrected chi connectivity index (χ3v) is 2.48. The van der Waals surface area contributed by atoms with Crippen LogP contribution in [0, 0.1) is 0 Å². The molecule has 1 heterocycles. The topological polar surface area (TPSA) is 52.0 Å². The van der Waals surface area contributed by atoms with Gasteiger partial charge in [0.2, 0.25) is 0 Å². The van der Waals surface area contributed by atoms with Gasteiger partial charge in [-0.15, -0.1) is 0 Å². The Bertz CT molecular complexity index is 366. The molecular weight excluding hydrogens is 233 g/mol. The van der Waals surface area contributed by atoms with Crippen molar-refractivity contribution in [2.45, 2.75) is 44.7 Å². The van der Waals surface area contributed by atoms with E-state index in [-0.39, 0.29) is 24.1 Å². The normalized spacial score (nSPS) is 15.0. The number of hydrogen-bond donors (Lipinski definition) is 1. The standard InChI is InChI=1S/C11H17F3N2O/c1-10(2,3)9-6-8(16-17-9)7(4-5-15)11(12,13)14/h6-7H,4-5,15H2,1-3H3. The van der Waals surface area contributed by atoms with Gasteiger partial charge in [-0.1, -0.05) is 25.9 Å². The zero-order chi connectivity index (χ0) is 13.3. The summed E-state index contributed by atoms with van der Waals surface area (Å²) in [6.07, 6.45) is -4.52. The van der Waals surface area contributed by atoms with Gasteiger partial charge >= 0.3 is 6.18 Å². The molecule has 1 rings (SSSR count). The molecule has 0 saturated heterocycles. The lowest BCUT2D eigenvalue weighted by Crippen LogP contribution is -2.24. The number of nitrogens with two attached hydrogens (primary N) is 1. The second kappa shape index (κ2) is 4.68. The molecule has 1 aromatic rings. The minimum atomic E-state index is -4.34. The van der Waals surface area contributed by atoms with E-state index in [0.717, 1.165) is 0 Å². The molecule has 0 bridgehead atoms. The van der Waals surface area contributed by atoms with Crippen LogP contribution in [0.4, 0.5) is 13.2 Å². The molecule has 1 unspecified atom stereocenters. The number of nitrogens with zero attached hydrogens (tertiary/aromatic N) is 1. The highest BCUT2D eigenvalue weighted by Crippen LogP contribution is 2.37. The molecule has 0 amide bonds. The summed E-state index contributed by atoms with van der Waals surface area (Å²) in [6.45, 7) is 5.51. The fourth-order valence-electron chi connectivity index (χ4n) is 1.45. The lowest BCUT2D eigenvalue weighted by molar-refractivity contribution is -0.152. The van der Waals surface area contributed by atoms with Crippen molar-refractivity contribution >= 4 is 0 Å². The molecule has 0 aliphatic rings. The van der Waals surface area contributed by atoms with Crippen LogP contribution in [0.2, 0.25) is 0 Å². The Balaban J connectivity index is 3.01. The number of hydrogen-bond acceptors (Lipinski definition) is 3. The van der Waals surface area contributed by atoms with E-state index in [9.17, 15) is 13.2 Å². The van der Waals surface area contributed by atoms with Crippen molar-refractivity contribution in [3.8, 4) is 0 Å². The van der Waals surface area contributed by atoms with Crippen molar-refractivity contribution in [2.24, 2.45) is 5.73 Å². The van der Waals surface area contributed by atoms with Crippen LogP contribution in [-0.2, 0) is 5.41 Å². The number of halogens is 3. The maximum Gasteiger partial charge on any atom is 0.397 e. The Morgan fingerprint density at radius 3 is 2.29 bits per heavy atom. The summed E-state index contributed by atoms with van der Waals surface area (Å²) in [4.78, 5) is 0. The summed E-state index contributed by atoms with van der Waals surface area (Å²) >= 11 is 0. The predicted molar refractivity (Wildman–Crippen MR) is 57.7 cm³/mol. The van der Waals surface area contributed by atoms with Gasteiger partial charge in [-0.05, 0) is 13.0 Å². The van der Waals surface area contributed by atoms with Gasteiger partial charge < -0.3 is 10.3 Å². The SMILES string of the molecule is CC(C)(C)c1cc(C(CCN)C(F)(F)F)no1. The predicted octanol–water partition coefficient (Wildman–Crippen LogP) is 2.97. The Kier molecular flexibility index (Phi) is 3.86. The third kappa shape index (κ3) is 3.46. The molecule has 0 aliphatic heterocycles. The highest BCUT2D eigenvalue weighted by molar-refractivity contribution is 5.17. The Hall–Kier alpha value is -1.04. The first kappa shape index (κ1) is 14.0. The van der Waals surface area contributed by atoms with Gasteiger partial charge in [-0.3, -0.25) is 0 Å². The maximum atomic E-state index is 12.8. The number of rotatable bonds is 3. The van der Waals surface area contributed by atoms with Gasteiger partial charge in [0, 0.05) is 11.5 Å². The lowest BCUT2D eigenvalue weighted by atomic mass is 9.91. The summed E-state index contributed by atoms with van der Waals surface area (Å²) in [7, 11) is 0. The van der Waals surface area contributed by atoms with E-state index in [1.165, 1.54) is 6.07 Å². The smallest absolute Gasteiger partial charge is 0.361 e. The number of alkyl halides is 3. The first-order valence-electron chi connectivity index (χ1n) is 5.40. The molecule has 0 aliphatic carbocycles.